The number of aromatic nitrogens is 2. The molecule has 0 atom stereocenters. The van der Waals surface area contributed by atoms with Crippen molar-refractivity contribution in [2.75, 3.05) is 12.4 Å². The summed E-state index contributed by atoms with van der Waals surface area (Å²) in [6.45, 7) is 2.39. The molecule has 2 N–H and O–H groups in total. The van der Waals surface area contributed by atoms with Crippen molar-refractivity contribution < 1.29 is 9.13 Å². The summed E-state index contributed by atoms with van der Waals surface area (Å²) >= 11 is 0. The fourth-order valence-corrected chi connectivity index (χ4v) is 1.51. The largest absolute Gasteiger partial charge is 0.497 e. The Bertz CT molecular complexity index is 510. The smallest absolute Gasteiger partial charge is 0.146 e. The first-order valence-corrected chi connectivity index (χ1v) is 5.27. The quantitative estimate of drug-likeness (QED) is 0.856. The number of methoxy groups -OCH3 is 1. The van der Waals surface area contributed by atoms with Gasteiger partial charge in [0.05, 0.1) is 31.4 Å². The van der Waals surface area contributed by atoms with E-state index in [2.05, 4.69) is 15.3 Å². The lowest BCUT2D eigenvalue weighted by Crippen LogP contribution is -2.03. The summed E-state index contributed by atoms with van der Waals surface area (Å²) in [4.78, 5) is 7.10. The molecule has 1 heterocycles. The summed E-state index contributed by atoms with van der Waals surface area (Å²) in [5, 5.41) is 2.99. The first kappa shape index (κ1) is 11.4. The Morgan fingerprint density at radius 2 is 2.29 bits per heavy atom. The lowest BCUT2D eigenvalue weighted by atomic mass is 10.2. The zero-order valence-corrected chi connectivity index (χ0v) is 9.75. The van der Waals surface area contributed by atoms with Gasteiger partial charge in [-0.2, -0.15) is 0 Å². The number of ether oxygens (including phenoxy) is 1. The summed E-state index contributed by atoms with van der Waals surface area (Å²) in [7, 11) is 1.55. The van der Waals surface area contributed by atoms with Gasteiger partial charge in [-0.3, -0.25) is 0 Å². The van der Waals surface area contributed by atoms with E-state index in [0.717, 1.165) is 11.4 Å². The van der Waals surface area contributed by atoms with Gasteiger partial charge in [-0.25, -0.2) is 9.37 Å². The Morgan fingerprint density at radius 3 is 2.94 bits per heavy atom. The Labute approximate surface area is 98.8 Å². The van der Waals surface area contributed by atoms with E-state index in [0.29, 0.717) is 18.0 Å². The second-order valence-electron chi connectivity index (χ2n) is 3.67. The van der Waals surface area contributed by atoms with Gasteiger partial charge < -0.3 is 15.0 Å². The van der Waals surface area contributed by atoms with Crippen molar-refractivity contribution in [2.45, 2.75) is 13.5 Å². The van der Waals surface area contributed by atoms with Crippen molar-refractivity contribution in [3.8, 4) is 5.75 Å². The molecule has 4 nitrogen and oxygen atoms in total. The summed E-state index contributed by atoms with van der Waals surface area (Å²) in [5.41, 5.74) is 2.25. The lowest BCUT2D eigenvalue weighted by molar-refractivity contribution is 0.414. The van der Waals surface area contributed by atoms with Crippen LogP contribution in [0.25, 0.3) is 0 Å². The zero-order chi connectivity index (χ0) is 12.3. The number of aryl methyl sites for hydroxylation is 1. The topological polar surface area (TPSA) is 49.9 Å². The third kappa shape index (κ3) is 2.55. The number of nitrogens with zero attached hydrogens (tertiary/aromatic N) is 1. The van der Waals surface area contributed by atoms with Gasteiger partial charge in [-0.05, 0) is 19.1 Å². The molecule has 1 aromatic carbocycles. The molecule has 17 heavy (non-hydrogen) atoms. The Hall–Kier alpha value is -2.04. The van der Waals surface area contributed by atoms with E-state index in [9.17, 15) is 4.39 Å². The van der Waals surface area contributed by atoms with Crippen LogP contribution in [0.4, 0.5) is 10.1 Å². The van der Waals surface area contributed by atoms with Crippen LogP contribution in [0.3, 0.4) is 0 Å². The van der Waals surface area contributed by atoms with Crippen LogP contribution < -0.4 is 10.1 Å². The Balaban J connectivity index is 2.11. The highest BCUT2D eigenvalue weighted by Gasteiger charge is 2.05. The van der Waals surface area contributed by atoms with Crippen LogP contribution in [0, 0.1) is 12.7 Å². The first-order chi connectivity index (χ1) is 8.20. The van der Waals surface area contributed by atoms with Crippen molar-refractivity contribution in [1.82, 2.24) is 9.97 Å². The molecule has 1 aromatic heterocycles. The highest BCUT2D eigenvalue weighted by atomic mass is 19.1. The minimum Gasteiger partial charge on any atom is -0.497 e. The van der Waals surface area contributed by atoms with Crippen LogP contribution in [0.5, 0.6) is 5.75 Å². The molecule has 0 bridgehead atoms. The third-order valence-corrected chi connectivity index (χ3v) is 2.55. The van der Waals surface area contributed by atoms with Crippen LogP contribution in [-0.4, -0.2) is 17.1 Å². The zero-order valence-electron chi connectivity index (χ0n) is 9.75. The molecule has 2 aromatic rings. The minimum atomic E-state index is -0.306. The van der Waals surface area contributed by atoms with E-state index in [-0.39, 0.29) is 5.82 Å². The number of rotatable bonds is 4. The van der Waals surface area contributed by atoms with Gasteiger partial charge in [0, 0.05) is 11.8 Å². The second kappa shape index (κ2) is 4.86. The fourth-order valence-electron chi connectivity index (χ4n) is 1.51. The van der Waals surface area contributed by atoms with E-state index in [4.69, 9.17) is 4.74 Å². The third-order valence-electron chi connectivity index (χ3n) is 2.55. The molecule has 90 valence electrons. The summed E-state index contributed by atoms with van der Waals surface area (Å²) < 4.78 is 18.5. The van der Waals surface area contributed by atoms with Crippen LogP contribution in [-0.2, 0) is 6.54 Å². The second-order valence-corrected chi connectivity index (χ2v) is 3.67. The van der Waals surface area contributed by atoms with Gasteiger partial charge in [0.1, 0.15) is 11.6 Å². The van der Waals surface area contributed by atoms with Gasteiger partial charge in [0.25, 0.3) is 0 Å². The van der Waals surface area contributed by atoms with Crippen LogP contribution in [0.15, 0.2) is 24.5 Å². The predicted molar refractivity (Wildman–Crippen MR) is 63.6 cm³/mol. The van der Waals surface area contributed by atoms with Gasteiger partial charge in [0.2, 0.25) is 0 Å². The lowest BCUT2D eigenvalue weighted by Gasteiger charge is -2.08. The molecule has 2 rings (SSSR count). The van der Waals surface area contributed by atoms with Gasteiger partial charge >= 0.3 is 0 Å². The molecule has 0 spiro atoms. The maximum atomic E-state index is 13.5. The average Bonchev–Trinajstić information content (AvgIpc) is 2.74. The van der Waals surface area contributed by atoms with Crippen molar-refractivity contribution >= 4 is 5.69 Å². The summed E-state index contributed by atoms with van der Waals surface area (Å²) in [6.07, 6.45) is 1.62. The summed E-state index contributed by atoms with van der Waals surface area (Å²) in [6, 6.07) is 4.58. The number of imidazole rings is 1. The maximum Gasteiger partial charge on any atom is 0.146 e. The average molecular weight is 235 g/mol. The number of H-pyrrole nitrogens is 1. The van der Waals surface area contributed by atoms with E-state index in [1.54, 1.807) is 25.6 Å². The maximum absolute atomic E-state index is 13.5. The van der Waals surface area contributed by atoms with Crippen molar-refractivity contribution in [1.29, 1.82) is 0 Å². The highest BCUT2D eigenvalue weighted by Crippen LogP contribution is 2.21. The van der Waals surface area contributed by atoms with Gasteiger partial charge in [-0.1, -0.05) is 0 Å². The fraction of sp³-hybridized carbons (Fsp3) is 0.250. The first-order valence-electron chi connectivity index (χ1n) is 5.27. The number of hydrogen-bond acceptors (Lipinski definition) is 3. The normalized spacial score (nSPS) is 10.3. The van der Waals surface area contributed by atoms with Gasteiger partial charge in [0.15, 0.2) is 0 Å². The molecular weight excluding hydrogens is 221 g/mol. The molecule has 0 aliphatic carbocycles. The molecule has 0 saturated carbocycles. The number of halogens is 1. The number of hydrogen-bond donors (Lipinski definition) is 2. The van der Waals surface area contributed by atoms with Crippen molar-refractivity contribution in [3.63, 3.8) is 0 Å². The van der Waals surface area contributed by atoms with Gasteiger partial charge in [-0.15, -0.1) is 0 Å². The molecule has 0 aliphatic heterocycles. The molecule has 0 fully saturated rings. The monoisotopic (exact) mass is 235 g/mol. The molecule has 0 aliphatic rings. The molecule has 5 heteroatoms. The van der Waals surface area contributed by atoms with Crippen LogP contribution in [0.1, 0.15) is 11.4 Å². The van der Waals surface area contributed by atoms with Crippen LogP contribution >= 0.6 is 0 Å². The molecule has 0 amide bonds. The van der Waals surface area contributed by atoms with E-state index < -0.39 is 0 Å². The molecule has 0 unspecified atom stereocenters. The number of anilines is 1. The van der Waals surface area contributed by atoms with E-state index in [1.807, 2.05) is 6.92 Å². The van der Waals surface area contributed by atoms with E-state index in [1.165, 1.54) is 6.07 Å². The number of nitrogens with one attached hydrogen (secondary N) is 2. The molecular formula is C12H14FN3O. The SMILES string of the molecule is COc1ccc(F)c(NCc2nc[nH]c2C)c1. The van der Waals surface area contributed by atoms with Crippen molar-refractivity contribution in [2.24, 2.45) is 0 Å². The molecule has 0 radical (unpaired) electrons. The number of aromatic amines is 1. The standard InChI is InChI=1S/C12H14FN3O/c1-8-12(16-7-15-8)6-14-11-5-9(17-2)3-4-10(11)13/h3-5,7,14H,6H2,1-2H3,(H,15,16). The highest BCUT2D eigenvalue weighted by molar-refractivity contribution is 5.49. The minimum absolute atomic E-state index is 0.306. The van der Waals surface area contributed by atoms with Crippen molar-refractivity contribution in [3.05, 3.63) is 41.7 Å². The predicted octanol–water partition coefficient (Wildman–Crippen LogP) is 2.48. The van der Waals surface area contributed by atoms with Crippen LogP contribution in [0.2, 0.25) is 0 Å². The molecule has 0 saturated heterocycles. The van der Waals surface area contributed by atoms with E-state index >= 15 is 0 Å². The Kier molecular flexibility index (Phi) is 3.27. The summed E-state index contributed by atoms with van der Waals surface area (Å²) in [5.74, 6) is 0.312. The number of benzene rings is 1. The Morgan fingerprint density at radius 1 is 1.47 bits per heavy atom.